The second-order valence-electron chi connectivity index (χ2n) is 5.35. The van der Waals surface area contributed by atoms with E-state index in [0.29, 0.717) is 18.4 Å². The Morgan fingerprint density at radius 2 is 2.06 bits per heavy atom. The van der Waals surface area contributed by atoms with Gasteiger partial charge in [0.25, 0.3) is 0 Å². The van der Waals surface area contributed by atoms with Gasteiger partial charge in [-0.2, -0.15) is 0 Å². The van der Waals surface area contributed by atoms with Crippen molar-refractivity contribution < 1.29 is 9.53 Å². The Hall–Kier alpha value is -1.15. The third-order valence-corrected chi connectivity index (χ3v) is 4.02. The highest BCUT2D eigenvalue weighted by molar-refractivity contribution is 5.99. The second-order valence-corrected chi connectivity index (χ2v) is 5.35. The molecule has 0 amide bonds. The molecule has 0 radical (unpaired) electrons. The van der Waals surface area contributed by atoms with Crippen LogP contribution in [0.25, 0.3) is 0 Å². The van der Waals surface area contributed by atoms with E-state index in [1.807, 2.05) is 12.1 Å². The topological polar surface area (TPSA) is 26.3 Å². The summed E-state index contributed by atoms with van der Waals surface area (Å²) in [5.74, 6) is 1.03. The van der Waals surface area contributed by atoms with Gasteiger partial charge in [-0.15, -0.1) is 0 Å². The number of ether oxygens (including phenoxy) is 1. The summed E-state index contributed by atoms with van der Waals surface area (Å²) in [6.45, 7) is 7.18. The maximum Gasteiger partial charge on any atom is 0.191 e. The molecule has 0 aliphatic carbocycles. The third-order valence-electron chi connectivity index (χ3n) is 4.02. The quantitative estimate of drug-likeness (QED) is 0.755. The van der Waals surface area contributed by atoms with Crippen LogP contribution in [0.15, 0.2) is 24.3 Å². The second kappa shape index (κ2) is 5.66. The van der Waals surface area contributed by atoms with Gasteiger partial charge in [0.15, 0.2) is 5.78 Å². The van der Waals surface area contributed by atoms with E-state index in [1.54, 1.807) is 0 Å². The molecule has 0 saturated carbocycles. The van der Waals surface area contributed by atoms with Gasteiger partial charge >= 0.3 is 0 Å². The molecule has 2 nitrogen and oxygen atoms in total. The molecule has 3 unspecified atom stereocenters. The van der Waals surface area contributed by atoms with E-state index in [2.05, 4.69) is 32.9 Å². The predicted octanol–water partition coefficient (Wildman–Crippen LogP) is 3.81. The van der Waals surface area contributed by atoms with E-state index in [0.717, 1.165) is 18.4 Å². The lowest BCUT2D eigenvalue weighted by molar-refractivity contribution is 0.0579. The lowest BCUT2D eigenvalue weighted by Gasteiger charge is -2.14. The minimum absolute atomic E-state index is 0.135. The molecule has 2 rings (SSSR count). The van der Waals surface area contributed by atoms with Crippen LogP contribution in [0.5, 0.6) is 0 Å². The molecule has 0 N–H and O–H groups in total. The van der Waals surface area contributed by atoms with Crippen molar-refractivity contribution in [3.8, 4) is 0 Å². The van der Waals surface area contributed by atoms with Crippen LogP contribution >= 0.6 is 0 Å². The van der Waals surface area contributed by atoms with Crippen LogP contribution in [-0.4, -0.2) is 18.5 Å². The summed E-state index contributed by atoms with van der Waals surface area (Å²) in [4.78, 5) is 12.3. The number of carbonyl (C=O) groups is 1. The zero-order chi connectivity index (χ0) is 13.1. The fourth-order valence-electron chi connectivity index (χ4n) is 2.41. The maximum atomic E-state index is 12.3. The van der Waals surface area contributed by atoms with Gasteiger partial charge in [0, 0.05) is 12.2 Å². The average molecular weight is 246 g/mol. The molecule has 1 aromatic carbocycles. The number of benzene rings is 1. The van der Waals surface area contributed by atoms with Gasteiger partial charge in [0.2, 0.25) is 0 Å². The lowest BCUT2D eigenvalue weighted by Crippen LogP contribution is -2.25. The van der Waals surface area contributed by atoms with Crippen LogP contribution in [0.2, 0.25) is 0 Å². The number of hydrogen-bond donors (Lipinski definition) is 0. The van der Waals surface area contributed by atoms with Crippen molar-refractivity contribution >= 4 is 5.78 Å². The Bertz CT molecular complexity index is 408. The zero-order valence-electron chi connectivity index (χ0n) is 11.5. The van der Waals surface area contributed by atoms with Gasteiger partial charge in [-0.05, 0) is 30.2 Å². The van der Waals surface area contributed by atoms with Crippen molar-refractivity contribution in [3.63, 3.8) is 0 Å². The molecule has 1 saturated heterocycles. The van der Waals surface area contributed by atoms with Gasteiger partial charge in [-0.25, -0.2) is 0 Å². The molecular weight excluding hydrogens is 224 g/mol. The Morgan fingerprint density at radius 3 is 2.56 bits per heavy atom. The number of Topliss-reactive ketones (excluding diaryl/α,β-unsaturated/α-hetero) is 1. The van der Waals surface area contributed by atoms with Crippen LogP contribution in [0.4, 0.5) is 0 Å². The normalized spacial score (nSPS) is 25.1. The first-order valence-corrected chi connectivity index (χ1v) is 6.89. The first kappa shape index (κ1) is 13.3. The summed E-state index contributed by atoms with van der Waals surface area (Å²) in [5.41, 5.74) is 2.08. The van der Waals surface area contributed by atoms with Crippen molar-refractivity contribution in [1.82, 2.24) is 0 Å². The van der Waals surface area contributed by atoms with Crippen molar-refractivity contribution in [3.05, 3.63) is 35.4 Å². The molecule has 18 heavy (non-hydrogen) atoms. The van der Waals surface area contributed by atoms with E-state index in [4.69, 9.17) is 4.74 Å². The molecular formula is C16H22O2. The van der Waals surface area contributed by atoms with Gasteiger partial charge in [-0.1, -0.05) is 45.0 Å². The van der Waals surface area contributed by atoms with E-state index in [-0.39, 0.29) is 11.9 Å². The molecule has 0 bridgehead atoms. The molecule has 3 atom stereocenters. The van der Waals surface area contributed by atoms with E-state index < -0.39 is 0 Å². The molecule has 1 aromatic rings. The monoisotopic (exact) mass is 246 g/mol. The summed E-state index contributed by atoms with van der Waals surface area (Å²) < 4.78 is 5.53. The van der Waals surface area contributed by atoms with Crippen molar-refractivity contribution in [2.75, 3.05) is 6.61 Å². The van der Waals surface area contributed by atoms with Crippen molar-refractivity contribution in [2.24, 2.45) is 5.92 Å². The Labute approximate surface area is 109 Å². The first-order valence-electron chi connectivity index (χ1n) is 6.89. The molecule has 2 heteroatoms. The van der Waals surface area contributed by atoms with Crippen molar-refractivity contribution in [2.45, 2.75) is 45.6 Å². The van der Waals surface area contributed by atoms with E-state index in [9.17, 15) is 4.79 Å². The fourth-order valence-corrected chi connectivity index (χ4v) is 2.41. The summed E-state index contributed by atoms with van der Waals surface area (Å²) in [6, 6.07) is 8.03. The number of carbonyl (C=O) groups excluding carboxylic acids is 1. The molecule has 98 valence electrons. The molecule has 1 aliphatic rings. The van der Waals surface area contributed by atoms with Crippen LogP contribution in [-0.2, 0) is 4.74 Å². The van der Waals surface area contributed by atoms with Gasteiger partial charge in [-0.3, -0.25) is 4.79 Å². The summed E-state index contributed by atoms with van der Waals surface area (Å²) in [5, 5.41) is 0. The van der Waals surface area contributed by atoms with Crippen LogP contribution in [0.1, 0.15) is 55.5 Å². The highest BCUT2D eigenvalue weighted by Crippen LogP contribution is 2.25. The minimum atomic E-state index is -0.237. The van der Waals surface area contributed by atoms with Crippen LogP contribution in [0.3, 0.4) is 0 Å². The largest absolute Gasteiger partial charge is 0.370 e. The van der Waals surface area contributed by atoms with Gasteiger partial charge < -0.3 is 4.74 Å². The van der Waals surface area contributed by atoms with E-state index in [1.165, 1.54) is 5.56 Å². The van der Waals surface area contributed by atoms with Gasteiger partial charge in [0.1, 0.15) is 6.10 Å². The fraction of sp³-hybridized carbons (Fsp3) is 0.562. The Kier molecular flexibility index (Phi) is 4.18. The maximum absolute atomic E-state index is 12.3. The zero-order valence-corrected chi connectivity index (χ0v) is 11.5. The van der Waals surface area contributed by atoms with Crippen LogP contribution < -0.4 is 0 Å². The molecule has 0 aromatic heterocycles. The third kappa shape index (κ3) is 2.64. The Balaban J connectivity index is 2.12. The minimum Gasteiger partial charge on any atom is -0.370 e. The van der Waals surface area contributed by atoms with Crippen molar-refractivity contribution in [1.29, 1.82) is 0 Å². The summed E-state index contributed by atoms with van der Waals surface area (Å²) >= 11 is 0. The Morgan fingerprint density at radius 1 is 1.39 bits per heavy atom. The number of rotatable bonds is 4. The summed E-state index contributed by atoms with van der Waals surface area (Å²) in [6.07, 6.45) is 1.87. The molecule has 1 fully saturated rings. The molecule has 1 aliphatic heterocycles. The predicted molar refractivity (Wildman–Crippen MR) is 73.0 cm³/mol. The van der Waals surface area contributed by atoms with Gasteiger partial charge in [0.05, 0.1) is 0 Å². The first-order chi connectivity index (χ1) is 8.63. The standard InChI is InChI=1S/C16H22O2/c1-4-11(2)13-5-7-14(8-6-13)15(17)16-12(3)9-10-18-16/h5-8,11-12,16H,4,9-10H2,1-3H3. The smallest absolute Gasteiger partial charge is 0.191 e. The summed E-state index contributed by atoms with van der Waals surface area (Å²) in [7, 11) is 0. The average Bonchev–Trinajstić information content (AvgIpc) is 2.83. The number of ketones is 1. The number of hydrogen-bond acceptors (Lipinski definition) is 2. The van der Waals surface area contributed by atoms with Crippen LogP contribution in [0, 0.1) is 5.92 Å². The highest BCUT2D eigenvalue weighted by Gasteiger charge is 2.31. The highest BCUT2D eigenvalue weighted by atomic mass is 16.5. The lowest BCUT2D eigenvalue weighted by atomic mass is 9.93. The molecule has 0 spiro atoms. The SMILES string of the molecule is CCC(C)c1ccc(C(=O)C2OCCC2C)cc1. The molecule has 1 heterocycles. The van der Waals surface area contributed by atoms with E-state index >= 15 is 0 Å².